The first-order chi connectivity index (χ1) is 9.96. The van der Waals surface area contributed by atoms with E-state index in [9.17, 15) is 5.21 Å². The van der Waals surface area contributed by atoms with Crippen LogP contribution in [-0.2, 0) is 0 Å². The lowest BCUT2D eigenvalue weighted by Crippen LogP contribution is -2.34. The Morgan fingerprint density at radius 1 is 1.00 bits per heavy atom. The van der Waals surface area contributed by atoms with Gasteiger partial charge in [-0.15, -0.1) is 0 Å². The molecule has 3 heteroatoms. The zero-order valence-electron chi connectivity index (χ0n) is 13.0. The van der Waals surface area contributed by atoms with Crippen LogP contribution in [0.4, 0.5) is 0 Å². The average Bonchev–Trinajstić information content (AvgIpc) is 2.45. The third kappa shape index (κ3) is 4.88. The van der Waals surface area contributed by atoms with Crippen molar-refractivity contribution in [2.75, 3.05) is 20.6 Å². The number of quaternary nitrogens is 1. The molecule has 0 amide bonds. The summed E-state index contributed by atoms with van der Waals surface area (Å²) in [6, 6.07) is 18.1. The molecule has 1 unspecified atom stereocenters. The molecule has 2 aromatic rings. The second-order valence-corrected chi connectivity index (χ2v) is 5.87. The Morgan fingerprint density at radius 2 is 1.62 bits per heavy atom. The van der Waals surface area contributed by atoms with Crippen molar-refractivity contribution in [1.29, 1.82) is 0 Å². The molecular weight excluding hydrogens is 262 g/mol. The number of hydroxylamine groups is 3. The van der Waals surface area contributed by atoms with E-state index in [1.807, 2.05) is 61.5 Å². The lowest BCUT2D eigenvalue weighted by molar-refractivity contribution is -0.840. The Morgan fingerprint density at radius 3 is 2.24 bits per heavy atom. The summed E-state index contributed by atoms with van der Waals surface area (Å²) in [5.41, 5.74) is 2.21. The van der Waals surface area contributed by atoms with Crippen LogP contribution in [0.1, 0.15) is 23.7 Å². The van der Waals surface area contributed by atoms with Gasteiger partial charge >= 0.3 is 0 Å². The van der Waals surface area contributed by atoms with Gasteiger partial charge in [-0.25, -0.2) is 0 Å². The highest BCUT2D eigenvalue weighted by Gasteiger charge is 2.17. The molecule has 2 aromatic carbocycles. The van der Waals surface area contributed by atoms with E-state index in [1.165, 1.54) is 0 Å². The van der Waals surface area contributed by atoms with Crippen LogP contribution in [0.2, 0.25) is 0 Å². The van der Waals surface area contributed by atoms with Crippen LogP contribution in [0, 0.1) is 12.1 Å². The molecular formula is C18H23NO2. The van der Waals surface area contributed by atoms with Gasteiger partial charge in [-0.2, -0.15) is 0 Å². The lowest BCUT2D eigenvalue weighted by atomic mass is 10.1. The highest BCUT2D eigenvalue weighted by molar-refractivity contribution is 5.33. The maximum absolute atomic E-state index is 11.8. The summed E-state index contributed by atoms with van der Waals surface area (Å²) < 4.78 is 5.87. The SMILES string of the molecule is Cc1ccccc1OC(CC[N+](C)(C)[O-])c1ccccc1. The Bertz CT molecular complexity index is 561. The molecule has 0 radical (unpaired) electrons. The molecule has 0 aliphatic heterocycles. The number of ether oxygens (including phenoxy) is 1. The predicted molar refractivity (Wildman–Crippen MR) is 85.9 cm³/mol. The van der Waals surface area contributed by atoms with Gasteiger partial charge in [0.25, 0.3) is 0 Å². The van der Waals surface area contributed by atoms with E-state index in [0.29, 0.717) is 13.0 Å². The lowest BCUT2D eigenvalue weighted by Gasteiger charge is -2.35. The molecule has 0 N–H and O–H groups in total. The first-order valence-electron chi connectivity index (χ1n) is 7.27. The van der Waals surface area contributed by atoms with E-state index in [2.05, 4.69) is 0 Å². The Balaban J connectivity index is 2.18. The number of nitrogens with zero attached hydrogens (tertiary/aromatic N) is 1. The van der Waals surface area contributed by atoms with Crippen LogP contribution in [0.3, 0.4) is 0 Å². The van der Waals surface area contributed by atoms with Gasteiger partial charge in [0, 0.05) is 6.42 Å². The molecule has 0 aliphatic carbocycles. The highest BCUT2D eigenvalue weighted by atomic mass is 16.5. The largest absolute Gasteiger partial charge is 0.633 e. The highest BCUT2D eigenvalue weighted by Crippen LogP contribution is 2.27. The molecule has 2 rings (SSSR count). The summed E-state index contributed by atoms with van der Waals surface area (Å²) in [7, 11) is 3.33. The van der Waals surface area contributed by atoms with Gasteiger partial charge in [-0.05, 0) is 24.1 Å². The van der Waals surface area contributed by atoms with Gasteiger partial charge in [0.2, 0.25) is 0 Å². The summed E-state index contributed by atoms with van der Waals surface area (Å²) in [5.74, 6) is 0.877. The minimum atomic E-state index is -0.305. The maximum atomic E-state index is 11.8. The third-order valence-electron chi connectivity index (χ3n) is 3.46. The van der Waals surface area contributed by atoms with Crippen LogP contribution >= 0.6 is 0 Å². The normalized spacial score (nSPS) is 13.0. The Kier molecular flexibility index (Phi) is 4.99. The molecule has 0 heterocycles. The van der Waals surface area contributed by atoms with E-state index < -0.39 is 0 Å². The molecule has 0 fully saturated rings. The number of benzene rings is 2. The number of aryl methyl sites for hydroxylation is 1. The van der Waals surface area contributed by atoms with Crippen molar-refractivity contribution in [1.82, 2.24) is 0 Å². The third-order valence-corrected chi connectivity index (χ3v) is 3.46. The van der Waals surface area contributed by atoms with Crippen LogP contribution in [0.5, 0.6) is 5.75 Å². The van der Waals surface area contributed by atoms with Crippen molar-refractivity contribution in [3.63, 3.8) is 0 Å². The standard InChI is InChI=1S/C18H23NO2/c1-15-9-7-8-12-17(15)21-18(13-14-19(2,3)20)16-10-5-4-6-11-16/h4-12,18H,13-14H2,1-3H3. The molecule has 0 saturated heterocycles. The van der Waals surface area contributed by atoms with Crippen LogP contribution in [-0.4, -0.2) is 25.3 Å². The van der Waals surface area contributed by atoms with Crippen molar-refractivity contribution in [3.05, 3.63) is 70.9 Å². The molecule has 1 atom stereocenters. The smallest absolute Gasteiger partial charge is 0.129 e. The van der Waals surface area contributed by atoms with Crippen molar-refractivity contribution >= 4 is 0 Å². The van der Waals surface area contributed by atoms with Crippen LogP contribution in [0.25, 0.3) is 0 Å². The van der Waals surface area contributed by atoms with Crippen molar-refractivity contribution in [2.45, 2.75) is 19.4 Å². The van der Waals surface area contributed by atoms with Gasteiger partial charge in [0.15, 0.2) is 0 Å². The minimum Gasteiger partial charge on any atom is -0.633 e. The van der Waals surface area contributed by atoms with E-state index in [4.69, 9.17) is 4.74 Å². The Labute approximate surface area is 127 Å². The monoisotopic (exact) mass is 285 g/mol. The molecule has 3 nitrogen and oxygen atoms in total. The molecule has 0 saturated carbocycles. The van der Waals surface area contributed by atoms with E-state index >= 15 is 0 Å². The fourth-order valence-electron chi connectivity index (χ4n) is 2.23. The zero-order chi connectivity index (χ0) is 15.3. The number of para-hydroxylation sites is 1. The summed E-state index contributed by atoms with van der Waals surface area (Å²) >= 11 is 0. The maximum Gasteiger partial charge on any atom is 0.129 e. The molecule has 112 valence electrons. The number of hydrogen-bond donors (Lipinski definition) is 0. The van der Waals surface area contributed by atoms with Gasteiger partial charge in [-0.3, -0.25) is 0 Å². The molecule has 0 aliphatic rings. The number of hydrogen-bond acceptors (Lipinski definition) is 2. The minimum absolute atomic E-state index is 0.0985. The summed E-state index contributed by atoms with van der Waals surface area (Å²) in [4.78, 5) is 0. The first kappa shape index (κ1) is 15.5. The second-order valence-electron chi connectivity index (χ2n) is 5.87. The van der Waals surface area contributed by atoms with E-state index in [0.717, 1.165) is 16.9 Å². The van der Waals surface area contributed by atoms with Gasteiger partial charge in [-0.1, -0.05) is 48.5 Å². The second kappa shape index (κ2) is 6.74. The van der Waals surface area contributed by atoms with Crippen molar-refractivity contribution in [3.8, 4) is 5.75 Å². The summed E-state index contributed by atoms with van der Waals surface area (Å²) in [5, 5.41) is 11.8. The van der Waals surface area contributed by atoms with Gasteiger partial charge in [0.05, 0.1) is 20.6 Å². The van der Waals surface area contributed by atoms with Crippen molar-refractivity contribution in [2.24, 2.45) is 0 Å². The van der Waals surface area contributed by atoms with Crippen LogP contribution in [0.15, 0.2) is 54.6 Å². The van der Waals surface area contributed by atoms with Gasteiger partial charge in [0.1, 0.15) is 11.9 Å². The molecule has 0 spiro atoms. The first-order valence-corrected chi connectivity index (χ1v) is 7.27. The van der Waals surface area contributed by atoms with Crippen molar-refractivity contribution < 1.29 is 9.38 Å². The summed E-state index contributed by atoms with van der Waals surface area (Å²) in [6.07, 6.45) is 0.591. The number of rotatable bonds is 6. The molecule has 0 bridgehead atoms. The Hall–Kier alpha value is -1.84. The van der Waals surface area contributed by atoms with Crippen LogP contribution < -0.4 is 4.74 Å². The quantitative estimate of drug-likeness (QED) is 0.591. The topological polar surface area (TPSA) is 32.3 Å². The van der Waals surface area contributed by atoms with E-state index in [1.54, 1.807) is 14.1 Å². The predicted octanol–water partition coefficient (Wildman–Crippen LogP) is 4.08. The molecule has 21 heavy (non-hydrogen) atoms. The zero-order valence-corrected chi connectivity index (χ0v) is 13.0. The average molecular weight is 285 g/mol. The van der Waals surface area contributed by atoms with E-state index in [-0.39, 0.29) is 10.8 Å². The molecule has 0 aromatic heterocycles. The summed E-state index contributed by atoms with van der Waals surface area (Å²) in [6.45, 7) is 2.55. The van der Waals surface area contributed by atoms with Gasteiger partial charge < -0.3 is 14.6 Å². The fourth-order valence-corrected chi connectivity index (χ4v) is 2.23. The fraction of sp³-hybridized carbons (Fsp3) is 0.333.